The number of halogens is 1. The van der Waals surface area contributed by atoms with Crippen molar-refractivity contribution in [3.63, 3.8) is 0 Å². The zero-order chi connectivity index (χ0) is 12.5. The monoisotopic (exact) mass is 265 g/mol. The van der Waals surface area contributed by atoms with Gasteiger partial charge in [0.1, 0.15) is 0 Å². The molecular weight excluding hydrogens is 256 g/mol. The van der Waals surface area contributed by atoms with Crippen molar-refractivity contribution in [2.45, 2.75) is 4.90 Å². The van der Waals surface area contributed by atoms with E-state index in [2.05, 4.69) is 6.07 Å². The molecule has 0 heterocycles. The first-order valence-corrected chi connectivity index (χ1v) is 7.23. The minimum Gasteiger partial charge on any atom is -0.224 e. The van der Waals surface area contributed by atoms with Gasteiger partial charge in [-0.3, -0.25) is 0 Å². The molecule has 0 aliphatic rings. The number of benzene rings is 2. The summed E-state index contributed by atoms with van der Waals surface area (Å²) >= 11 is 6.07. The molecule has 0 amide bonds. The topological polar surface area (TPSA) is 34.1 Å². The molecule has 0 spiro atoms. The van der Waals surface area contributed by atoms with Crippen molar-refractivity contribution >= 4 is 21.4 Å². The van der Waals surface area contributed by atoms with Crippen molar-refractivity contribution in [2.75, 3.05) is 6.26 Å². The van der Waals surface area contributed by atoms with Crippen LogP contribution < -0.4 is 0 Å². The molecule has 1 radical (unpaired) electrons. The van der Waals surface area contributed by atoms with E-state index in [0.717, 1.165) is 0 Å². The summed E-state index contributed by atoms with van der Waals surface area (Å²) < 4.78 is 23.3. The van der Waals surface area contributed by atoms with E-state index >= 15 is 0 Å². The maximum absolute atomic E-state index is 11.7. The lowest BCUT2D eigenvalue weighted by molar-refractivity contribution is 0.602. The van der Waals surface area contributed by atoms with Gasteiger partial charge in [0.2, 0.25) is 0 Å². The van der Waals surface area contributed by atoms with Gasteiger partial charge in [-0.2, -0.15) is 0 Å². The van der Waals surface area contributed by atoms with E-state index in [0.29, 0.717) is 16.1 Å². The Labute approximate surface area is 106 Å². The third kappa shape index (κ3) is 2.51. The van der Waals surface area contributed by atoms with Crippen molar-refractivity contribution in [1.29, 1.82) is 0 Å². The highest BCUT2D eigenvalue weighted by molar-refractivity contribution is 7.90. The highest BCUT2D eigenvalue weighted by atomic mass is 35.5. The number of hydrogen-bond acceptors (Lipinski definition) is 2. The zero-order valence-corrected chi connectivity index (χ0v) is 10.7. The van der Waals surface area contributed by atoms with Crippen molar-refractivity contribution in [3.05, 3.63) is 53.6 Å². The molecule has 17 heavy (non-hydrogen) atoms. The van der Waals surface area contributed by atoms with E-state index in [4.69, 9.17) is 11.6 Å². The van der Waals surface area contributed by atoms with Crippen LogP contribution in [0.2, 0.25) is 5.02 Å². The fourth-order valence-corrected chi connectivity index (χ4v) is 2.72. The molecule has 0 aliphatic heterocycles. The average molecular weight is 266 g/mol. The molecule has 0 N–H and O–H groups in total. The summed E-state index contributed by atoms with van der Waals surface area (Å²) in [5.74, 6) is 0. The summed E-state index contributed by atoms with van der Waals surface area (Å²) in [6.45, 7) is 0. The number of sulfone groups is 1. The Balaban J connectivity index is 2.74. The molecule has 2 nitrogen and oxygen atoms in total. The fraction of sp³-hybridized carbons (Fsp3) is 0.0769. The SMILES string of the molecule is CS(=O)(=O)c1[c]cccc1-c1ccccc1Cl. The highest BCUT2D eigenvalue weighted by Gasteiger charge is 2.15. The first kappa shape index (κ1) is 12.1. The van der Waals surface area contributed by atoms with Gasteiger partial charge in [0.15, 0.2) is 9.84 Å². The molecule has 0 atom stereocenters. The summed E-state index contributed by atoms with van der Waals surface area (Å²) in [5.41, 5.74) is 1.28. The van der Waals surface area contributed by atoms with E-state index in [1.54, 1.807) is 36.4 Å². The largest absolute Gasteiger partial charge is 0.224 e. The van der Waals surface area contributed by atoms with Crippen LogP contribution >= 0.6 is 11.6 Å². The van der Waals surface area contributed by atoms with Crippen molar-refractivity contribution < 1.29 is 8.42 Å². The second-order valence-corrected chi connectivity index (χ2v) is 6.02. The van der Waals surface area contributed by atoms with Gasteiger partial charge < -0.3 is 0 Å². The Morgan fingerprint density at radius 1 is 1.06 bits per heavy atom. The van der Waals surface area contributed by atoms with Gasteiger partial charge in [0, 0.05) is 28.5 Å². The number of hydrogen-bond donors (Lipinski definition) is 0. The van der Waals surface area contributed by atoms with Crippen LogP contribution in [0.3, 0.4) is 0 Å². The quantitative estimate of drug-likeness (QED) is 0.836. The van der Waals surface area contributed by atoms with Gasteiger partial charge >= 0.3 is 0 Å². The molecule has 2 rings (SSSR count). The molecule has 0 bridgehead atoms. The molecule has 0 saturated carbocycles. The second-order valence-electron chi connectivity index (χ2n) is 3.66. The Bertz CT molecular complexity index is 648. The van der Waals surface area contributed by atoms with Gasteiger partial charge in [-0.1, -0.05) is 48.0 Å². The van der Waals surface area contributed by atoms with Crippen LogP contribution in [-0.4, -0.2) is 14.7 Å². The van der Waals surface area contributed by atoms with Gasteiger partial charge in [-0.05, 0) is 6.07 Å². The van der Waals surface area contributed by atoms with Crippen LogP contribution in [0.4, 0.5) is 0 Å². The van der Waals surface area contributed by atoms with Gasteiger partial charge in [0.25, 0.3) is 0 Å². The molecule has 87 valence electrons. The predicted octanol–water partition coefficient (Wildman–Crippen LogP) is 3.21. The minimum atomic E-state index is -3.31. The zero-order valence-electron chi connectivity index (χ0n) is 9.14. The van der Waals surface area contributed by atoms with E-state index in [-0.39, 0.29) is 4.90 Å². The van der Waals surface area contributed by atoms with E-state index < -0.39 is 9.84 Å². The van der Waals surface area contributed by atoms with Crippen LogP contribution in [-0.2, 0) is 9.84 Å². The van der Waals surface area contributed by atoms with Gasteiger partial charge in [0.05, 0.1) is 4.90 Å². The van der Waals surface area contributed by atoms with E-state index in [9.17, 15) is 8.42 Å². The summed E-state index contributed by atoms with van der Waals surface area (Å²) in [6.07, 6.45) is 1.17. The number of rotatable bonds is 2. The lowest BCUT2D eigenvalue weighted by atomic mass is 10.1. The molecular formula is C13H10ClO2S. The van der Waals surface area contributed by atoms with Crippen LogP contribution in [0, 0.1) is 6.07 Å². The summed E-state index contributed by atoms with van der Waals surface area (Å²) in [5, 5.41) is 0.525. The normalized spacial score (nSPS) is 11.4. The molecule has 0 aromatic heterocycles. The molecule has 0 saturated heterocycles. The summed E-state index contributed by atoms with van der Waals surface area (Å²) in [7, 11) is -3.31. The second kappa shape index (κ2) is 4.51. The maximum Gasteiger partial charge on any atom is 0.176 e. The first-order valence-electron chi connectivity index (χ1n) is 4.96. The third-order valence-corrected chi connectivity index (χ3v) is 3.76. The highest BCUT2D eigenvalue weighted by Crippen LogP contribution is 2.31. The molecule has 2 aromatic carbocycles. The van der Waals surface area contributed by atoms with Gasteiger partial charge in [-0.25, -0.2) is 8.42 Å². The minimum absolute atomic E-state index is 0.174. The van der Waals surface area contributed by atoms with Crippen LogP contribution in [0.25, 0.3) is 11.1 Å². The molecule has 0 unspecified atom stereocenters. The van der Waals surface area contributed by atoms with Crippen molar-refractivity contribution in [3.8, 4) is 11.1 Å². The molecule has 0 aliphatic carbocycles. The van der Waals surface area contributed by atoms with Crippen LogP contribution in [0.5, 0.6) is 0 Å². The van der Waals surface area contributed by atoms with Crippen LogP contribution in [0.1, 0.15) is 0 Å². The van der Waals surface area contributed by atoms with Gasteiger partial charge in [-0.15, -0.1) is 0 Å². The Morgan fingerprint density at radius 3 is 2.35 bits per heavy atom. The third-order valence-electron chi connectivity index (χ3n) is 2.35. The predicted molar refractivity (Wildman–Crippen MR) is 68.8 cm³/mol. The molecule has 0 fully saturated rings. The van der Waals surface area contributed by atoms with Crippen molar-refractivity contribution in [2.24, 2.45) is 0 Å². The summed E-state index contributed by atoms with van der Waals surface area (Å²) in [6, 6.07) is 15.0. The van der Waals surface area contributed by atoms with E-state index in [1.165, 1.54) is 6.26 Å². The lowest BCUT2D eigenvalue weighted by Gasteiger charge is -2.08. The molecule has 2 aromatic rings. The molecule has 4 heteroatoms. The average Bonchev–Trinajstić information content (AvgIpc) is 2.28. The fourth-order valence-electron chi connectivity index (χ4n) is 1.62. The van der Waals surface area contributed by atoms with Crippen LogP contribution in [0.15, 0.2) is 47.4 Å². The maximum atomic E-state index is 11.7. The van der Waals surface area contributed by atoms with Crippen molar-refractivity contribution in [1.82, 2.24) is 0 Å². The summed E-state index contributed by atoms with van der Waals surface area (Å²) in [4.78, 5) is 0.174. The Kier molecular flexibility index (Phi) is 3.22. The first-order chi connectivity index (χ1) is 8.00. The lowest BCUT2D eigenvalue weighted by Crippen LogP contribution is -2.00. The standard InChI is InChI=1S/C13H10ClO2S/c1-17(15,16)13-9-5-3-7-11(13)10-6-2-4-8-12(10)14/h2-8H,1H3. The Morgan fingerprint density at radius 2 is 1.71 bits per heavy atom. The smallest absolute Gasteiger partial charge is 0.176 e. The van der Waals surface area contributed by atoms with E-state index in [1.807, 2.05) is 6.07 Å². The Hall–Kier alpha value is -1.32.